The van der Waals surface area contributed by atoms with Crippen molar-refractivity contribution in [1.82, 2.24) is 14.9 Å². The molecule has 144 valence electrons. The smallest absolute Gasteiger partial charge is 0.244 e. The highest BCUT2D eigenvalue weighted by Crippen LogP contribution is 2.29. The molecule has 1 atom stereocenters. The van der Waals surface area contributed by atoms with Gasteiger partial charge < -0.3 is 14.6 Å². The Labute approximate surface area is 167 Å². The molecular formula is C21H19ClFN3O2. The van der Waals surface area contributed by atoms with E-state index in [1.54, 1.807) is 25.6 Å². The minimum atomic E-state index is -0.551. The van der Waals surface area contributed by atoms with Crippen molar-refractivity contribution in [2.75, 3.05) is 7.11 Å². The normalized spacial score (nSPS) is 12.1. The fraction of sp³-hybridized carbons (Fsp3) is 0.143. The number of ether oxygens (including phenoxy) is 1. The zero-order valence-corrected chi connectivity index (χ0v) is 16.2. The molecule has 28 heavy (non-hydrogen) atoms. The van der Waals surface area contributed by atoms with E-state index in [0.717, 1.165) is 5.56 Å². The maximum atomic E-state index is 13.9. The van der Waals surface area contributed by atoms with Gasteiger partial charge in [-0.15, -0.1) is 0 Å². The van der Waals surface area contributed by atoms with Crippen molar-refractivity contribution in [2.45, 2.75) is 6.04 Å². The van der Waals surface area contributed by atoms with E-state index >= 15 is 0 Å². The van der Waals surface area contributed by atoms with Gasteiger partial charge in [-0.1, -0.05) is 35.9 Å². The number of amides is 1. The second kappa shape index (κ2) is 8.71. The first kappa shape index (κ1) is 19.6. The van der Waals surface area contributed by atoms with E-state index in [1.165, 1.54) is 24.3 Å². The minimum absolute atomic E-state index is 0.158. The van der Waals surface area contributed by atoms with E-state index in [4.69, 9.17) is 16.3 Å². The standard InChI is InChI=1S/C21H19ClFN3O2/c1-26-13-12-24-21(26)20(15-6-3-4-9-18(15)28-2)25-19(27)11-10-14-16(22)7-5-8-17(14)23/h3-13,20H,1-2H3,(H,25,27)/b11-10+. The lowest BCUT2D eigenvalue weighted by atomic mass is 10.0. The van der Waals surface area contributed by atoms with E-state index in [9.17, 15) is 9.18 Å². The van der Waals surface area contributed by atoms with Crippen LogP contribution in [0.15, 0.2) is 60.9 Å². The van der Waals surface area contributed by atoms with Crippen molar-refractivity contribution in [3.05, 3.63) is 88.7 Å². The largest absolute Gasteiger partial charge is 0.496 e. The van der Waals surface area contributed by atoms with Crippen molar-refractivity contribution < 1.29 is 13.9 Å². The molecule has 1 unspecified atom stereocenters. The Kier molecular flexibility index (Phi) is 6.11. The molecule has 0 saturated carbocycles. The van der Waals surface area contributed by atoms with Crippen LogP contribution in [0.4, 0.5) is 4.39 Å². The summed E-state index contributed by atoms with van der Waals surface area (Å²) in [6, 6.07) is 11.2. The van der Waals surface area contributed by atoms with Crippen LogP contribution in [0, 0.1) is 5.82 Å². The Morgan fingerprint density at radius 3 is 2.75 bits per heavy atom. The van der Waals surface area contributed by atoms with E-state index < -0.39 is 17.8 Å². The maximum Gasteiger partial charge on any atom is 0.244 e. The van der Waals surface area contributed by atoms with Gasteiger partial charge in [-0.25, -0.2) is 9.37 Å². The number of carbonyl (C=O) groups is 1. The Morgan fingerprint density at radius 2 is 2.07 bits per heavy atom. The van der Waals surface area contributed by atoms with Crippen LogP contribution < -0.4 is 10.1 Å². The highest BCUT2D eigenvalue weighted by Gasteiger charge is 2.23. The van der Waals surface area contributed by atoms with E-state index in [0.29, 0.717) is 11.6 Å². The number of aryl methyl sites for hydroxylation is 1. The molecule has 0 aliphatic heterocycles. The van der Waals surface area contributed by atoms with Crippen LogP contribution in [0.2, 0.25) is 5.02 Å². The fourth-order valence-corrected chi connectivity index (χ4v) is 3.09. The van der Waals surface area contributed by atoms with Crippen molar-refractivity contribution in [3.8, 4) is 5.75 Å². The number of aromatic nitrogens is 2. The number of nitrogens with zero attached hydrogens (tertiary/aromatic N) is 2. The second-order valence-corrected chi connectivity index (χ2v) is 6.46. The van der Waals surface area contributed by atoms with Crippen LogP contribution in [-0.4, -0.2) is 22.6 Å². The summed E-state index contributed by atoms with van der Waals surface area (Å²) in [5.41, 5.74) is 0.912. The average molecular weight is 400 g/mol. The molecule has 1 aromatic heterocycles. The van der Waals surface area contributed by atoms with Crippen LogP contribution in [0.1, 0.15) is 23.0 Å². The molecule has 1 heterocycles. The monoisotopic (exact) mass is 399 g/mol. The molecule has 0 aliphatic carbocycles. The molecule has 0 fully saturated rings. The van der Waals surface area contributed by atoms with Gasteiger partial charge in [0.1, 0.15) is 23.4 Å². The van der Waals surface area contributed by atoms with Gasteiger partial charge in [-0.05, 0) is 24.3 Å². The predicted molar refractivity (Wildman–Crippen MR) is 107 cm³/mol. The Bertz CT molecular complexity index is 996. The van der Waals surface area contributed by atoms with E-state index in [1.807, 2.05) is 35.9 Å². The highest BCUT2D eigenvalue weighted by atomic mass is 35.5. The SMILES string of the molecule is COc1ccccc1C(NC(=O)/C=C/c1c(F)cccc1Cl)c1nccn1C. The molecule has 5 nitrogen and oxygen atoms in total. The van der Waals surface area contributed by atoms with Crippen molar-refractivity contribution in [1.29, 1.82) is 0 Å². The Hall–Kier alpha value is -3.12. The van der Waals surface area contributed by atoms with Gasteiger partial charge in [-0.3, -0.25) is 4.79 Å². The molecule has 1 amide bonds. The average Bonchev–Trinajstić information content (AvgIpc) is 3.11. The summed E-state index contributed by atoms with van der Waals surface area (Å²) in [6.07, 6.45) is 6.04. The number of nitrogens with one attached hydrogen (secondary N) is 1. The summed E-state index contributed by atoms with van der Waals surface area (Å²) in [7, 11) is 3.40. The van der Waals surface area contributed by atoms with E-state index in [-0.39, 0.29) is 10.6 Å². The first-order valence-corrected chi connectivity index (χ1v) is 8.91. The van der Waals surface area contributed by atoms with Crippen molar-refractivity contribution in [3.63, 3.8) is 0 Å². The van der Waals surface area contributed by atoms with Crippen LogP contribution in [0.25, 0.3) is 6.08 Å². The van der Waals surface area contributed by atoms with Crippen LogP contribution in [0.5, 0.6) is 5.75 Å². The molecule has 0 spiro atoms. The zero-order valence-electron chi connectivity index (χ0n) is 15.4. The van der Waals surface area contributed by atoms with Crippen LogP contribution in [0.3, 0.4) is 0 Å². The lowest BCUT2D eigenvalue weighted by molar-refractivity contribution is -0.117. The molecule has 3 aromatic rings. The van der Waals surface area contributed by atoms with Gasteiger partial charge in [0.25, 0.3) is 0 Å². The van der Waals surface area contributed by atoms with Crippen molar-refractivity contribution >= 4 is 23.6 Å². The third-order valence-corrected chi connectivity index (χ3v) is 4.58. The summed E-state index contributed by atoms with van der Waals surface area (Å²) in [5.74, 6) is 0.340. The maximum absolute atomic E-state index is 13.9. The first-order valence-electron chi connectivity index (χ1n) is 8.54. The van der Waals surface area contributed by atoms with Gasteiger partial charge in [0, 0.05) is 36.6 Å². The number of hydrogen-bond acceptors (Lipinski definition) is 3. The number of halogens is 2. The predicted octanol–water partition coefficient (Wildman–Crippen LogP) is 4.14. The third kappa shape index (κ3) is 4.23. The van der Waals surface area contributed by atoms with Gasteiger partial charge in [0.15, 0.2) is 0 Å². The van der Waals surface area contributed by atoms with Gasteiger partial charge in [0.2, 0.25) is 5.91 Å². The van der Waals surface area contributed by atoms with Crippen LogP contribution in [-0.2, 0) is 11.8 Å². The molecule has 2 aromatic carbocycles. The quantitative estimate of drug-likeness (QED) is 0.634. The molecule has 0 bridgehead atoms. The summed E-state index contributed by atoms with van der Waals surface area (Å²) < 4.78 is 21.2. The number of methoxy groups -OCH3 is 1. The fourth-order valence-electron chi connectivity index (χ4n) is 2.86. The van der Waals surface area contributed by atoms with Gasteiger partial charge in [-0.2, -0.15) is 0 Å². The molecule has 1 N–H and O–H groups in total. The lowest BCUT2D eigenvalue weighted by Gasteiger charge is -2.20. The summed E-state index contributed by atoms with van der Waals surface area (Å²) in [4.78, 5) is 16.9. The van der Waals surface area contributed by atoms with E-state index in [2.05, 4.69) is 10.3 Å². The molecule has 0 aliphatic rings. The lowest BCUT2D eigenvalue weighted by Crippen LogP contribution is -2.30. The number of hydrogen-bond donors (Lipinski definition) is 1. The first-order chi connectivity index (χ1) is 13.5. The summed E-state index contributed by atoms with van der Waals surface area (Å²) in [6.45, 7) is 0. The number of benzene rings is 2. The topological polar surface area (TPSA) is 56.1 Å². The number of para-hydroxylation sites is 1. The molecule has 0 saturated heterocycles. The number of rotatable bonds is 6. The third-order valence-electron chi connectivity index (χ3n) is 4.25. The van der Waals surface area contributed by atoms with Gasteiger partial charge in [0.05, 0.1) is 12.1 Å². The number of carbonyl (C=O) groups excluding carboxylic acids is 1. The Morgan fingerprint density at radius 1 is 1.29 bits per heavy atom. The second-order valence-electron chi connectivity index (χ2n) is 6.05. The molecule has 7 heteroatoms. The minimum Gasteiger partial charge on any atom is -0.496 e. The van der Waals surface area contributed by atoms with Crippen LogP contribution >= 0.6 is 11.6 Å². The zero-order chi connectivity index (χ0) is 20.1. The molecule has 3 rings (SSSR count). The highest BCUT2D eigenvalue weighted by molar-refractivity contribution is 6.32. The van der Waals surface area contributed by atoms with Crippen molar-refractivity contribution in [2.24, 2.45) is 7.05 Å². The molecular weight excluding hydrogens is 381 g/mol. The molecule has 0 radical (unpaired) electrons. The number of imidazole rings is 1. The summed E-state index contributed by atoms with van der Waals surface area (Å²) in [5, 5.41) is 3.14. The van der Waals surface area contributed by atoms with Gasteiger partial charge >= 0.3 is 0 Å². The Balaban J connectivity index is 1.91. The summed E-state index contributed by atoms with van der Waals surface area (Å²) >= 11 is 6.00.